The van der Waals surface area contributed by atoms with E-state index < -0.39 is 0 Å². The lowest BCUT2D eigenvalue weighted by atomic mass is 10.2. The van der Waals surface area contributed by atoms with Crippen LogP contribution in [0.4, 0.5) is 0 Å². The monoisotopic (exact) mass is 169 g/mol. The average molecular weight is 169 g/mol. The molecule has 0 aliphatic heterocycles. The van der Waals surface area contributed by atoms with Gasteiger partial charge in [0.2, 0.25) is 0 Å². The number of phenolic OH excluding ortho intramolecular Hbond substituents is 1. The third-order valence-electron chi connectivity index (χ3n) is 1.23. The van der Waals surface area contributed by atoms with Crippen LogP contribution in [0.1, 0.15) is 5.56 Å². The molecule has 0 aliphatic carbocycles. The Hall–Kier alpha value is -1.13. The Bertz CT molecular complexity index is 258. The summed E-state index contributed by atoms with van der Waals surface area (Å²) in [6.07, 6.45) is 0. The summed E-state index contributed by atoms with van der Waals surface area (Å²) in [5.41, 5.74) is 2.52. The van der Waals surface area contributed by atoms with Crippen molar-refractivity contribution in [3.8, 4) is 5.75 Å². The number of hydrogen-bond acceptors (Lipinski definition) is 3. The minimum absolute atomic E-state index is 0.175. The van der Waals surface area contributed by atoms with Crippen LogP contribution < -0.4 is 5.48 Å². The number of nitrogens with one attached hydrogen (secondary N) is 1. The molecule has 0 radical (unpaired) electrons. The first-order valence-electron chi connectivity index (χ1n) is 2.97. The van der Waals surface area contributed by atoms with Crippen molar-refractivity contribution in [3.05, 3.63) is 29.8 Å². The van der Waals surface area contributed by atoms with Crippen LogP contribution in [-0.2, 0) is 0 Å². The second kappa shape index (κ2) is 3.32. The molecular weight excluding hydrogens is 162 g/mol. The van der Waals surface area contributed by atoms with Gasteiger partial charge in [0, 0.05) is 5.56 Å². The number of hydroxylamine groups is 1. The number of hydrogen-bond donors (Lipinski definition) is 3. The van der Waals surface area contributed by atoms with Crippen molar-refractivity contribution in [1.82, 2.24) is 5.48 Å². The van der Waals surface area contributed by atoms with Gasteiger partial charge in [0.1, 0.15) is 10.7 Å². The molecule has 0 saturated carbocycles. The molecule has 0 aliphatic rings. The topological polar surface area (TPSA) is 52.5 Å². The third-order valence-corrected chi connectivity index (χ3v) is 1.56. The zero-order chi connectivity index (χ0) is 8.27. The molecule has 0 spiro atoms. The van der Waals surface area contributed by atoms with E-state index >= 15 is 0 Å². The molecule has 0 bridgehead atoms. The molecule has 58 valence electrons. The summed E-state index contributed by atoms with van der Waals surface area (Å²) in [5.74, 6) is 0.175. The Balaban J connectivity index is 2.90. The highest BCUT2D eigenvalue weighted by Crippen LogP contribution is 2.09. The molecule has 1 aromatic rings. The maximum absolute atomic E-state index is 8.88. The fourth-order valence-electron chi connectivity index (χ4n) is 0.677. The maximum Gasteiger partial charge on any atom is 0.130 e. The van der Waals surface area contributed by atoms with E-state index in [1.807, 2.05) is 5.48 Å². The number of rotatable bonds is 1. The van der Waals surface area contributed by atoms with Crippen LogP contribution >= 0.6 is 12.2 Å². The molecule has 0 heterocycles. The van der Waals surface area contributed by atoms with E-state index in [0.29, 0.717) is 5.56 Å². The molecule has 0 unspecified atom stereocenters. The third kappa shape index (κ3) is 1.89. The van der Waals surface area contributed by atoms with Crippen molar-refractivity contribution in [1.29, 1.82) is 0 Å². The molecule has 0 fully saturated rings. The van der Waals surface area contributed by atoms with Gasteiger partial charge in [0.15, 0.2) is 0 Å². The molecule has 0 atom stereocenters. The van der Waals surface area contributed by atoms with E-state index in [1.54, 1.807) is 12.1 Å². The second-order valence-electron chi connectivity index (χ2n) is 1.99. The standard InChI is InChI=1S/C7H7NO2S/c9-6-3-1-5(2-4-6)7(11)8-10/h1-4,9-10H,(H,8,11). The van der Waals surface area contributed by atoms with Crippen molar-refractivity contribution in [2.24, 2.45) is 0 Å². The largest absolute Gasteiger partial charge is 0.508 e. The van der Waals surface area contributed by atoms with Crippen molar-refractivity contribution in [2.75, 3.05) is 0 Å². The zero-order valence-electron chi connectivity index (χ0n) is 5.61. The normalized spacial score (nSPS) is 9.18. The van der Waals surface area contributed by atoms with Gasteiger partial charge in [0.25, 0.3) is 0 Å². The van der Waals surface area contributed by atoms with Gasteiger partial charge in [0.05, 0.1) is 0 Å². The quantitative estimate of drug-likeness (QED) is 0.434. The van der Waals surface area contributed by atoms with E-state index in [0.717, 1.165) is 0 Å². The van der Waals surface area contributed by atoms with Crippen LogP contribution in [0.3, 0.4) is 0 Å². The first-order chi connectivity index (χ1) is 5.24. The minimum atomic E-state index is 0.175. The predicted octanol–water partition coefficient (Wildman–Crippen LogP) is 1.05. The highest BCUT2D eigenvalue weighted by Gasteiger charge is 1.97. The van der Waals surface area contributed by atoms with Crippen LogP contribution in [-0.4, -0.2) is 15.3 Å². The zero-order valence-corrected chi connectivity index (χ0v) is 6.43. The fourth-order valence-corrected chi connectivity index (χ4v) is 0.813. The van der Waals surface area contributed by atoms with Gasteiger partial charge < -0.3 is 5.11 Å². The summed E-state index contributed by atoms with van der Waals surface area (Å²) in [5, 5.41) is 17.3. The van der Waals surface area contributed by atoms with Gasteiger partial charge in [-0.2, -0.15) is 0 Å². The predicted molar refractivity (Wildman–Crippen MR) is 44.7 cm³/mol. The molecule has 1 rings (SSSR count). The Morgan fingerprint density at radius 3 is 2.27 bits per heavy atom. The Labute approximate surface area is 69.2 Å². The molecular formula is C7H7NO2S. The summed E-state index contributed by atoms with van der Waals surface area (Å²) in [7, 11) is 0. The first kappa shape index (κ1) is 7.97. The lowest BCUT2D eigenvalue weighted by Gasteiger charge is -2.00. The number of thiocarbonyl (C=S) groups is 1. The molecule has 4 heteroatoms. The maximum atomic E-state index is 8.88. The summed E-state index contributed by atoms with van der Waals surface area (Å²) >= 11 is 4.72. The molecule has 0 saturated heterocycles. The van der Waals surface area contributed by atoms with Crippen LogP contribution in [0.15, 0.2) is 24.3 Å². The van der Waals surface area contributed by atoms with E-state index in [1.165, 1.54) is 12.1 Å². The van der Waals surface area contributed by atoms with Crippen molar-refractivity contribution in [3.63, 3.8) is 0 Å². The Kier molecular flexibility index (Phi) is 2.40. The van der Waals surface area contributed by atoms with Crippen LogP contribution in [0.5, 0.6) is 5.75 Å². The summed E-state index contributed by atoms with van der Waals surface area (Å²) in [4.78, 5) is 0.241. The van der Waals surface area contributed by atoms with Gasteiger partial charge in [-0.1, -0.05) is 12.2 Å². The molecule has 11 heavy (non-hydrogen) atoms. The summed E-state index contributed by atoms with van der Waals surface area (Å²) < 4.78 is 0. The Morgan fingerprint density at radius 2 is 1.82 bits per heavy atom. The highest BCUT2D eigenvalue weighted by atomic mass is 32.1. The van der Waals surface area contributed by atoms with Crippen LogP contribution in [0.25, 0.3) is 0 Å². The van der Waals surface area contributed by atoms with Gasteiger partial charge in [-0.15, -0.1) is 0 Å². The highest BCUT2D eigenvalue weighted by molar-refractivity contribution is 7.80. The van der Waals surface area contributed by atoms with Gasteiger partial charge in [-0.25, -0.2) is 0 Å². The molecule has 3 N–H and O–H groups in total. The first-order valence-corrected chi connectivity index (χ1v) is 3.38. The van der Waals surface area contributed by atoms with Crippen molar-refractivity contribution in [2.45, 2.75) is 0 Å². The van der Waals surface area contributed by atoms with Crippen LogP contribution in [0.2, 0.25) is 0 Å². The average Bonchev–Trinajstić information content (AvgIpc) is 2.05. The lowest BCUT2D eigenvalue weighted by Crippen LogP contribution is -2.16. The minimum Gasteiger partial charge on any atom is -0.508 e. The van der Waals surface area contributed by atoms with E-state index in [2.05, 4.69) is 0 Å². The van der Waals surface area contributed by atoms with E-state index in [-0.39, 0.29) is 10.7 Å². The SMILES string of the molecule is ONC(=S)c1ccc(O)cc1. The number of aromatic hydroxyl groups is 1. The molecule has 1 aromatic carbocycles. The van der Waals surface area contributed by atoms with Gasteiger partial charge in [-0.3, -0.25) is 10.7 Å². The number of benzene rings is 1. The van der Waals surface area contributed by atoms with Crippen molar-refractivity contribution >= 4 is 17.2 Å². The van der Waals surface area contributed by atoms with E-state index in [9.17, 15) is 0 Å². The Morgan fingerprint density at radius 1 is 1.27 bits per heavy atom. The fraction of sp³-hybridized carbons (Fsp3) is 0. The molecule has 0 amide bonds. The number of phenols is 1. The summed E-state index contributed by atoms with van der Waals surface area (Å²) in [6, 6.07) is 6.22. The van der Waals surface area contributed by atoms with Gasteiger partial charge in [-0.05, 0) is 24.3 Å². The van der Waals surface area contributed by atoms with Gasteiger partial charge >= 0.3 is 0 Å². The molecule has 0 aromatic heterocycles. The van der Waals surface area contributed by atoms with E-state index in [4.69, 9.17) is 22.5 Å². The lowest BCUT2D eigenvalue weighted by molar-refractivity contribution is 0.238. The van der Waals surface area contributed by atoms with Crippen molar-refractivity contribution < 1.29 is 10.3 Å². The second-order valence-corrected chi connectivity index (χ2v) is 2.40. The summed E-state index contributed by atoms with van der Waals surface area (Å²) in [6.45, 7) is 0. The molecule has 3 nitrogen and oxygen atoms in total. The van der Waals surface area contributed by atoms with Crippen LogP contribution in [0, 0.1) is 0 Å². The smallest absolute Gasteiger partial charge is 0.130 e.